The zero-order valence-corrected chi connectivity index (χ0v) is 9.32. The van der Waals surface area contributed by atoms with E-state index in [1.165, 1.54) is 16.9 Å². The Bertz CT molecular complexity index is 442. The van der Waals surface area contributed by atoms with Crippen LogP contribution >= 0.6 is 22.9 Å². The third kappa shape index (κ3) is 1.91. The van der Waals surface area contributed by atoms with Crippen molar-refractivity contribution in [1.82, 2.24) is 0 Å². The molecule has 0 amide bonds. The molecule has 0 aliphatic rings. The first-order valence-electron chi connectivity index (χ1n) is 4.27. The molecule has 1 nitrogen and oxygen atoms in total. The molecule has 0 spiro atoms. The smallest absolute Gasteiger partial charge is 0.0934 e. The first kappa shape index (κ1) is 9.56. The van der Waals surface area contributed by atoms with Crippen LogP contribution in [0.2, 0.25) is 4.34 Å². The van der Waals surface area contributed by atoms with E-state index in [4.69, 9.17) is 17.3 Å². The predicted molar refractivity (Wildman–Crippen MR) is 63.9 cm³/mol. The van der Waals surface area contributed by atoms with Crippen molar-refractivity contribution in [2.24, 2.45) is 0 Å². The van der Waals surface area contributed by atoms with E-state index in [1.807, 2.05) is 30.5 Å². The van der Waals surface area contributed by atoms with E-state index in [0.717, 1.165) is 21.2 Å². The van der Waals surface area contributed by atoms with Crippen LogP contribution in [-0.2, 0) is 0 Å². The van der Waals surface area contributed by atoms with Gasteiger partial charge in [-0.25, -0.2) is 0 Å². The van der Waals surface area contributed by atoms with Crippen molar-refractivity contribution in [2.45, 2.75) is 6.92 Å². The van der Waals surface area contributed by atoms with Crippen molar-refractivity contribution in [3.8, 4) is 11.1 Å². The number of nitrogens with two attached hydrogens (primary N) is 1. The fourth-order valence-corrected chi connectivity index (χ4v) is 2.33. The maximum Gasteiger partial charge on any atom is 0.0934 e. The normalized spacial score (nSPS) is 10.4. The maximum atomic E-state index is 5.88. The minimum absolute atomic E-state index is 0.794. The van der Waals surface area contributed by atoms with Gasteiger partial charge in [0.2, 0.25) is 0 Å². The van der Waals surface area contributed by atoms with Crippen LogP contribution in [0.5, 0.6) is 0 Å². The molecule has 0 aliphatic carbocycles. The number of hydrogen-bond donors (Lipinski definition) is 1. The molecule has 0 unspecified atom stereocenters. The fraction of sp³-hybridized carbons (Fsp3) is 0.0909. The van der Waals surface area contributed by atoms with E-state index in [2.05, 4.69) is 6.07 Å². The summed E-state index contributed by atoms with van der Waals surface area (Å²) in [5, 5.41) is 2.04. The Labute approximate surface area is 92.1 Å². The van der Waals surface area contributed by atoms with Gasteiger partial charge >= 0.3 is 0 Å². The molecular formula is C11H10ClNS. The van der Waals surface area contributed by atoms with Gasteiger partial charge in [0.1, 0.15) is 0 Å². The summed E-state index contributed by atoms with van der Waals surface area (Å²) in [6.45, 7) is 2.04. The molecule has 1 heterocycles. The van der Waals surface area contributed by atoms with Crippen LogP contribution in [0.3, 0.4) is 0 Å². The summed E-state index contributed by atoms with van der Waals surface area (Å²) in [4.78, 5) is 0. The van der Waals surface area contributed by atoms with Gasteiger partial charge in [0.05, 0.1) is 4.34 Å². The van der Waals surface area contributed by atoms with Crippen LogP contribution in [-0.4, -0.2) is 0 Å². The number of benzene rings is 1. The van der Waals surface area contributed by atoms with Crippen LogP contribution in [0.25, 0.3) is 11.1 Å². The summed E-state index contributed by atoms with van der Waals surface area (Å²) in [6.07, 6.45) is 0. The molecule has 1 aromatic carbocycles. The Morgan fingerprint density at radius 3 is 2.50 bits per heavy atom. The second-order valence-electron chi connectivity index (χ2n) is 3.27. The Balaban J connectivity index is 2.51. The van der Waals surface area contributed by atoms with E-state index in [-0.39, 0.29) is 0 Å². The molecule has 0 aliphatic heterocycles. The minimum Gasteiger partial charge on any atom is -0.399 e. The number of halogens is 1. The van der Waals surface area contributed by atoms with Crippen molar-refractivity contribution in [2.75, 3.05) is 5.73 Å². The molecule has 2 rings (SSSR count). The van der Waals surface area contributed by atoms with Crippen LogP contribution < -0.4 is 5.73 Å². The Morgan fingerprint density at radius 1 is 1.14 bits per heavy atom. The maximum absolute atomic E-state index is 5.88. The highest BCUT2D eigenvalue weighted by Crippen LogP contribution is 2.30. The Morgan fingerprint density at radius 2 is 1.93 bits per heavy atom. The third-order valence-electron chi connectivity index (χ3n) is 2.00. The SMILES string of the molecule is Cc1cc(N)cc(-c2csc(Cl)c2)c1. The van der Waals surface area contributed by atoms with Gasteiger partial charge in [-0.05, 0) is 41.8 Å². The predicted octanol–water partition coefficient (Wildman–Crippen LogP) is 3.96. The summed E-state index contributed by atoms with van der Waals surface area (Å²) in [7, 11) is 0. The van der Waals surface area contributed by atoms with Gasteiger partial charge in [0.15, 0.2) is 0 Å². The molecule has 0 saturated carbocycles. The highest BCUT2D eigenvalue weighted by molar-refractivity contribution is 7.14. The molecule has 0 fully saturated rings. The molecule has 0 radical (unpaired) electrons. The topological polar surface area (TPSA) is 26.0 Å². The summed E-state index contributed by atoms with van der Waals surface area (Å²) in [6, 6.07) is 7.98. The van der Waals surface area contributed by atoms with E-state index >= 15 is 0 Å². The molecule has 0 atom stereocenters. The van der Waals surface area contributed by atoms with Crippen LogP contribution in [0.4, 0.5) is 5.69 Å². The quantitative estimate of drug-likeness (QED) is 0.728. The van der Waals surface area contributed by atoms with E-state index in [9.17, 15) is 0 Å². The first-order valence-corrected chi connectivity index (χ1v) is 5.52. The van der Waals surface area contributed by atoms with E-state index < -0.39 is 0 Å². The van der Waals surface area contributed by atoms with Gasteiger partial charge in [-0.1, -0.05) is 17.7 Å². The van der Waals surface area contributed by atoms with Crippen molar-refractivity contribution >= 4 is 28.6 Å². The van der Waals surface area contributed by atoms with Gasteiger partial charge in [-0.2, -0.15) is 0 Å². The molecule has 3 heteroatoms. The molecule has 0 saturated heterocycles. The van der Waals surface area contributed by atoms with Crippen molar-refractivity contribution < 1.29 is 0 Å². The van der Waals surface area contributed by atoms with Gasteiger partial charge in [-0.15, -0.1) is 11.3 Å². The summed E-state index contributed by atoms with van der Waals surface area (Å²) >= 11 is 7.41. The van der Waals surface area contributed by atoms with Gasteiger partial charge in [0, 0.05) is 11.1 Å². The van der Waals surface area contributed by atoms with Crippen molar-refractivity contribution in [1.29, 1.82) is 0 Å². The first-order chi connectivity index (χ1) is 6.65. The number of hydrogen-bond acceptors (Lipinski definition) is 2. The van der Waals surface area contributed by atoms with Crippen LogP contribution in [0.15, 0.2) is 29.6 Å². The lowest BCUT2D eigenvalue weighted by atomic mass is 10.1. The van der Waals surface area contributed by atoms with Gasteiger partial charge < -0.3 is 5.73 Å². The Kier molecular flexibility index (Phi) is 2.48. The Hall–Kier alpha value is -0.990. The molecule has 0 bridgehead atoms. The molecule has 1 aromatic heterocycles. The molecule has 14 heavy (non-hydrogen) atoms. The number of nitrogen functional groups attached to an aromatic ring is 1. The largest absolute Gasteiger partial charge is 0.399 e. The highest BCUT2D eigenvalue weighted by Gasteiger charge is 2.02. The standard InChI is InChI=1S/C11H10ClNS/c1-7-2-8(4-10(13)3-7)9-5-11(12)14-6-9/h2-6H,13H2,1H3. The van der Waals surface area contributed by atoms with Gasteiger partial charge in [-0.3, -0.25) is 0 Å². The fourth-order valence-electron chi connectivity index (χ4n) is 1.44. The summed E-state index contributed by atoms with van der Waals surface area (Å²) < 4.78 is 0.806. The zero-order valence-electron chi connectivity index (χ0n) is 7.75. The van der Waals surface area contributed by atoms with E-state index in [0.29, 0.717) is 0 Å². The summed E-state index contributed by atoms with van der Waals surface area (Å²) in [5.41, 5.74) is 10.0. The number of anilines is 1. The van der Waals surface area contributed by atoms with Crippen molar-refractivity contribution in [3.05, 3.63) is 39.5 Å². The monoisotopic (exact) mass is 223 g/mol. The number of rotatable bonds is 1. The number of aryl methyl sites for hydroxylation is 1. The average Bonchev–Trinajstić information content (AvgIpc) is 2.50. The lowest BCUT2D eigenvalue weighted by Gasteiger charge is -2.02. The average molecular weight is 224 g/mol. The van der Waals surface area contributed by atoms with Crippen LogP contribution in [0, 0.1) is 6.92 Å². The number of thiophene rings is 1. The van der Waals surface area contributed by atoms with E-state index in [1.54, 1.807) is 0 Å². The molecule has 2 N–H and O–H groups in total. The van der Waals surface area contributed by atoms with Gasteiger partial charge in [0.25, 0.3) is 0 Å². The van der Waals surface area contributed by atoms with Crippen molar-refractivity contribution in [3.63, 3.8) is 0 Å². The molecular weight excluding hydrogens is 214 g/mol. The second kappa shape index (κ2) is 3.64. The van der Waals surface area contributed by atoms with Crippen LogP contribution in [0.1, 0.15) is 5.56 Å². The second-order valence-corrected chi connectivity index (χ2v) is 4.81. The third-order valence-corrected chi connectivity index (χ3v) is 3.09. The minimum atomic E-state index is 0.794. The lowest BCUT2D eigenvalue weighted by Crippen LogP contribution is -1.86. The summed E-state index contributed by atoms with van der Waals surface area (Å²) in [5.74, 6) is 0. The molecule has 2 aromatic rings. The lowest BCUT2D eigenvalue weighted by molar-refractivity contribution is 1.47. The highest BCUT2D eigenvalue weighted by atomic mass is 35.5. The molecule has 72 valence electrons. The zero-order chi connectivity index (χ0) is 10.1.